The zero-order valence-electron chi connectivity index (χ0n) is 18.4. The molecule has 2 saturated heterocycles. The smallest absolute Gasteiger partial charge is 0.378 e. The minimum absolute atomic E-state index is 0.0273. The summed E-state index contributed by atoms with van der Waals surface area (Å²) >= 11 is 0. The Balaban J connectivity index is 1.40. The number of hydrogen-bond donors (Lipinski definition) is 0. The minimum Gasteiger partial charge on any atom is -0.378 e. The van der Waals surface area contributed by atoms with E-state index >= 15 is 0 Å². The Morgan fingerprint density at radius 1 is 0.735 bits per heavy atom. The summed E-state index contributed by atoms with van der Waals surface area (Å²) in [4.78, 5) is 23.9. The van der Waals surface area contributed by atoms with Crippen molar-refractivity contribution in [2.24, 2.45) is 0 Å². The van der Waals surface area contributed by atoms with Gasteiger partial charge in [0.05, 0.1) is 30.2 Å². The molecule has 0 spiro atoms. The Bertz CT molecular complexity index is 1120. The quantitative estimate of drug-likeness (QED) is 0.575. The SMILES string of the molecule is FC(F)(F)c1cccnc1N1CCN(c2cc(-c3ccccn3)nc(N3CCOCC3)n2)CC1. The van der Waals surface area contributed by atoms with Gasteiger partial charge < -0.3 is 19.4 Å². The van der Waals surface area contributed by atoms with Gasteiger partial charge >= 0.3 is 6.18 Å². The number of morpholine rings is 1. The number of piperazine rings is 1. The molecular formula is C23H24F3N7O. The van der Waals surface area contributed by atoms with Gasteiger partial charge in [0.15, 0.2) is 0 Å². The molecule has 3 aromatic heterocycles. The predicted octanol–water partition coefficient (Wildman–Crippen LogP) is 3.12. The van der Waals surface area contributed by atoms with Crippen LogP contribution in [0.25, 0.3) is 11.4 Å². The summed E-state index contributed by atoms with van der Waals surface area (Å²) in [6.45, 7) is 4.42. The van der Waals surface area contributed by atoms with E-state index in [-0.39, 0.29) is 5.82 Å². The first-order valence-electron chi connectivity index (χ1n) is 11.1. The van der Waals surface area contributed by atoms with Gasteiger partial charge in [-0.3, -0.25) is 4.98 Å². The van der Waals surface area contributed by atoms with Crippen molar-refractivity contribution in [2.75, 3.05) is 67.2 Å². The number of halogens is 3. The van der Waals surface area contributed by atoms with E-state index in [1.165, 1.54) is 12.3 Å². The molecule has 0 unspecified atom stereocenters. The fraction of sp³-hybridized carbons (Fsp3) is 0.391. The fourth-order valence-electron chi connectivity index (χ4n) is 4.15. The van der Waals surface area contributed by atoms with Crippen molar-refractivity contribution in [3.63, 3.8) is 0 Å². The Morgan fingerprint density at radius 2 is 1.47 bits per heavy atom. The zero-order chi connectivity index (χ0) is 23.5. The van der Waals surface area contributed by atoms with Crippen molar-refractivity contribution in [2.45, 2.75) is 6.18 Å². The molecule has 34 heavy (non-hydrogen) atoms. The van der Waals surface area contributed by atoms with Gasteiger partial charge in [0.1, 0.15) is 11.6 Å². The minimum atomic E-state index is -4.45. The summed E-state index contributed by atoms with van der Waals surface area (Å²) in [6.07, 6.45) is -1.33. The number of anilines is 3. The van der Waals surface area contributed by atoms with Crippen molar-refractivity contribution in [3.05, 3.63) is 54.4 Å². The predicted molar refractivity (Wildman–Crippen MR) is 122 cm³/mol. The Kier molecular flexibility index (Phi) is 6.18. The second kappa shape index (κ2) is 9.41. The number of rotatable bonds is 4. The average molecular weight is 471 g/mol. The normalized spacial score (nSPS) is 17.2. The summed E-state index contributed by atoms with van der Waals surface area (Å²) in [5, 5.41) is 0. The van der Waals surface area contributed by atoms with Crippen LogP contribution in [0.3, 0.4) is 0 Å². The number of nitrogens with zero attached hydrogens (tertiary/aromatic N) is 7. The van der Waals surface area contributed by atoms with E-state index in [2.05, 4.69) is 19.8 Å². The van der Waals surface area contributed by atoms with Gasteiger partial charge in [-0.1, -0.05) is 6.07 Å². The van der Waals surface area contributed by atoms with Crippen molar-refractivity contribution >= 4 is 17.6 Å². The highest BCUT2D eigenvalue weighted by molar-refractivity contribution is 5.62. The van der Waals surface area contributed by atoms with E-state index in [0.29, 0.717) is 64.1 Å². The standard InChI is InChI=1S/C23H24F3N7O/c24-23(25,26)17-4-3-7-28-21(17)32-10-8-31(9-11-32)20-16-19(18-5-1-2-6-27-18)29-22(30-20)33-12-14-34-15-13-33/h1-7,16H,8-15H2. The monoisotopic (exact) mass is 471 g/mol. The Labute approximate surface area is 195 Å². The van der Waals surface area contributed by atoms with Crippen LogP contribution in [0.1, 0.15) is 5.56 Å². The van der Waals surface area contributed by atoms with Gasteiger partial charge in [0.25, 0.3) is 0 Å². The van der Waals surface area contributed by atoms with Crippen molar-refractivity contribution in [3.8, 4) is 11.4 Å². The lowest BCUT2D eigenvalue weighted by Crippen LogP contribution is -2.48. The fourth-order valence-corrected chi connectivity index (χ4v) is 4.15. The van der Waals surface area contributed by atoms with Gasteiger partial charge in [-0.05, 0) is 24.3 Å². The van der Waals surface area contributed by atoms with Crippen LogP contribution in [0.15, 0.2) is 48.8 Å². The van der Waals surface area contributed by atoms with E-state index in [0.717, 1.165) is 17.6 Å². The lowest BCUT2D eigenvalue weighted by Gasteiger charge is -2.37. The van der Waals surface area contributed by atoms with Crippen LogP contribution < -0.4 is 14.7 Å². The first kappa shape index (κ1) is 22.3. The third-order valence-electron chi connectivity index (χ3n) is 5.92. The van der Waals surface area contributed by atoms with Gasteiger partial charge in [-0.25, -0.2) is 9.97 Å². The van der Waals surface area contributed by atoms with E-state index < -0.39 is 11.7 Å². The van der Waals surface area contributed by atoms with Crippen LogP contribution in [0.5, 0.6) is 0 Å². The number of alkyl halides is 3. The van der Waals surface area contributed by atoms with Crippen LogP contribution in [-0.4, -0.2) is 72.4 Å². The number of ether oxygens (including phenoxy) is 1. The average Bonchev–Trinajstić information content (AvgIpc) is 2.89. The zero-order valence-corrected chi connectivity index (χ0v) is 18.4. The first-order valence-corrected chi connectivity index (χ1v) is 11.1. The van der Waals surface area contributed by atoms with Gasteiger partial charge in [0, 0.05) is 57.7 Å². The number of aromatic nitrogens is 4. The molecule has 178 valence electrons. The molecule has 0 amide bonds. The number of pyridine rings is 2. The Morgan fingerprint density at radius 3 is 2.18 bits per heavy atom. The maximum Gasteiger partial charge on any atom is 0.419 e. The van der Waals surface area contributed by atoms with Crippen LogP contribution in [0.2, 0.25) is 0 Å². The summed E-state index contributed by atoms with van der Waals surface area (Å²) in [5.41, 5.74) is 0.735. The molecule has 0 N–H and O–H groups in total. The summed E-state index contributed by atoms with van der Waals surface area (Å²) in [7, 11) is 0. The molecule has 2 aliphatic heterocycles. The van der Waals surface area contributed by atoms with Gasteiger partial charge in [0.2, 0.25) is 5.95 Å². The van der Waals surface area contributed by atoms with Gasteiger partial charge in [-0.2, -0.15) is 18.2 Å². The second-order valence-electron chi connectivity index (χ2n) is 8.07. The maximum absolute atomic E-state index is 13.5. The van der Waals surface area contributed by atoms with E-state index in [4.69, 9.17) is 14.7 Å². The summed E-state index contributed by atoms with van der Waals surface area (Å²) in [6, 6.07) is 9.93. The molecule has 3 aromatic rings. The molecule has 0 radical (unpaired) electrons. The molecular weight excluding hydrogens is 447 g/mol. The lowest BCUT2D eigenvalue weighted by molar-refractivity contribution is -0.137. The highest BCUT2D eigenvalue weighted by Gasteiger charge is 2.36. The first-order chi connectivity index (χ1) is 16.5. The van der Waals surface area contributed by atoms with Crippen LogP contribution in [0, 0.1) is 0 Å². The number of hydrogen-bond acceptors (Lipinski definition) is 8. The highest BCUT2D eigenvalue weighted by Crippen LogP contribution is 2.35. The molecule has 0 saturated carbocycles. The van der Waals surface area contributed by atoms with Crippen LogP contribution >= 0.6 is 0 Å². The van der Waals surface area contributed by atoms with Crippen LogP contribution in [0.4, 0.5) is 30.8 Å². The molecule has 0 bridgehead atoms. The summed E-state index contributed by atoms with van der Waals surface area (Å²) in [5.74, 6) is 1.31. The maximum atomic E-state index is 13.5. The molecule has 5 heterocycles. The molecule has 5 rings (SSSR count). The molecule has 8 nitrogen and oxygen atoms in total. The Hall–Kier alpha value is -3.47. The van der Waals surface area contributed by atoms with E-state index in [1.807, 2.05) is 24.3 Å². The van der Waals surface area contributed by atoms with E-state index in [9.17, 15) is 13.2 Å². The second-order valence-corrected chi connectivity index (χ2v) is 8.07. The van der Waals surface area contributed by atoms with E-state index in [1.54, 1.807) is 11.1 Å². The lowest BCUT2D eigenvalue weighted by atomic mass is 10.2. The highest BCUT2D eigenvalue weighted by atomic mass is 19.4. The molecule has 11 heteroatoms. The molecule has 0 aliphatic carbocycles. The third kappa shape index (κ3) is 4.74. The van der Waals surface area contributed by atoms with Crippen molar-refractivity contribution in [1.29, 1.82) is 0 Å². The molecule has 2 aliphatic rings. The van der Waals surface area contributed by atoms with Crippen molar-refractivity contribution in [1.82, 2.24) is 19.9 Å². The molecule has 0 atom stereocenters. The topological polar surface area (TPSA) is 70.5 Å². The largest absolute Gasteiger partial charge is 0.419 e. The molecule has 0 aromatic carbocycles. The third-order valence-corrected chi connectivity index (χ3v) is 5.92. The molecule has 2 fully saturated rings. The summed E-state index contributed by atoms with van der Waals surface area (Å²) < 4.78 is 45.8. The van der Waals surface area contributed by atoms with Crippen LogP contribution in [-0.2, 0) is 10.9 Å². The van der Waals surface area contributed by atoms with Gasteiger partial charge in [-0.15, -0.1) is 0 Å². The van der Waals surface area contributed by atoms with Crippen molar-refractivity contribution < 1.29 is 17.9 Å².